The van der Waals surface area contributed by atoms with Crippen LogP contribution >= 0.6 is 35.1 Å². The largest absolute Gasteiger partial charge is 0.300 e. The Balaban J connectivity index is 1.72. The molecule has 0 spiro atoms. The van der Waals surface area contributed by atoms with Crippen LogP contribution in [0.3, 0.4) is 0 Å². The number of aryl methyl sites for hydroxylation is 1. The molecule has 0 atom stereocenters. The molecule has 130 valence electrons. The van der Waals surface area contributed by atoms with Crippen LogP contribution in [0.4, 0.5) is 5.13 Å². The van der Waals surface area contributed by atoms with Gasteiger partial charge in [-0.15, -0.1) is 23.0 Å². The second-order valence-corrected chi connectivity index (χ2v) is 7.02. The van der Waals surface area contributed by atoms with Crippen molar-refractivity contribution in [2.24, 2.45) is 0 Å². The van der Waals surface area contributed by atoms with Crippen LogP contribution in [-0.4, -0.2) is 35.2 Å². The maximum atomic E-state index is 12.3. The minimum absolute atomic E-state index is 0.234. The lowest BCUT2D eigenvalue weighted by Crippen LogP contribution is -2.12. The van der Waals surface area contributed by atoms with Crippen LogP contribution in [0.25, 0.3) is 0 Å². The van der Waals surface area contributed by atoms with E-state index < -0.39 is 0 Å². The van der Waals surface area contributed by atoms with Crippen LogP contribution in [-0.2, 0) is 19.4 Å². The fraction of sp³-hybridized carbons (Fsp3) is 0.286. The summed E-state index contributed by atoms with van der Waals surface area (Å²) >= 11 is 7.65. The molecular weight excluding hydrogens is 378 g/mol. The summed E-state index contributed by atoms with van der Waals surface area (Å²) in [5.41, 5.74) is 1.50. The van der Waals surface area contributed by atoms with Gasteiger partial charge in [0.15, 0.2) is 9.90 Å². The number of hydrogen-bond acceptors (Lipinski definition) is 8. The Kier molecular flexibility index (Phi) is 5.46. The van der Waals surface area contributed by atoms with E-state index in [1.807, 2.05) is 16.9 Å². The Morgan fingerprint density at radius 3 is 3.16 bits per heavy atom. The van der Waals surface area contributed by atoms with Crippen molar-refractivity contribution in [2.45, 2.75) is 26.3 Å². The van der Waals surface area contributed by atoms with Gasteiger partial charge >= 0.3 is 0 Å². The quantitative estimate of drug-likeness (QED) is 0.473. The Morgan fingerprint density at radius 1 is 1.56 bits per heavy atom. The summed E-state index contributed by atoms with van der Waals surface area (Å²) in [6.45, 7) is 6.24. The number of amides is 1. The van der Waals surface area contributed by atoms with Crippen molar-refractivity contribution in [2.75, 3.05) is 5.32 Å². The molecule has 0 unspecified atom stereocenters. The fourth-order valence-corrected chi connectivity index (χ4v) is 3.75. The molecular formula is C14H15N7OS3. The summed E-state index contributed by atoms with van der Waals surface area (Å²) in [5.74, 6) is 0.537. The number of allylic oxidation sites excluding steroid dienone is 1. The van der Waals surface area contributed by atoms with Gasteiger partial charge in [0.25, 0.3) is 5.91 Å². The van der Waals surface area contributed by atoms with Crippen LogP contribution in [0.1, 0.15) is 33.8 Å². The zero-order valence-corrected chi connectivity index (χ0v) is 15.8. The zero-order chi connectivity index (χ0) is 17.8. The predicted octanol–water partition coefficient (Wildman–Crippen LogP) is 2.84. The van der Waals surface area contributed by atoms with Gasteiger partial charge in [0.05, 0.1) is 17.8 Å². The molecule has 0 aliphatic rings. The smallest absolute Gasteiger partial charge is 0.271 e. The summed E-state index contributed by atoms with van der Waals surface area (Å²) in [6.07, 6.45) is 2.93. The number of nitrogens with one attached hydrogen (secondary N) is 2. The van der Waals surface area contributed by atoms with Crippen molar-refractivity contribution in [1.82, 2.24) is 29.3 Å². The second kappa shape index (κ2) is 7.76. The molecule has 0 fully saturated rings. The Bertz CT molecular complexity index is 952. The van der Waals surface area contributed by atoms with Gasteiger partial charge in [-0.25, -0.2) is 4.98 Å². The van der Waals surface area contributed by atoms with Crippen molar-refractivity contribution < 1.29 is 4.79 Å². The van der Waals surface area contributed by atoms with Gasteiger partial charge in [-0.3, -0.25) is 19.8 Å². The van der Waals surface area contributed by atoms with Crippen LogP contribution in [0, 0.1) is 4.77 Å². The maximum Gasteiger partial charge on any atom is 0.271 e. The first-order valence-corrected chi connectivity index (χ1v) is 9.50. The molecule has 0 saturated heterocycles. The molecule has 0 radical (unpaired) electrons. The number of aromatic nitrogens is 6. The van der Waals surface area contributed by atoms with Gasteiger partial charge in [-0.1, -0.05) is 17.5 Å². The minimum atomic E-state index is -0.234. The van der Waals surface area contributed by atoms with Crippen LogP contribution in [0.15, 0.2) is 18.0 Å². The van der Waals surface area contributed by atoms with Crippen LogP contribution in [0.5, 0.6) is 0 Å². The third kappa shape index (κ3) is 3.89. The summed E-state index contributed by atoms with van der Waals surface area (Å²) in [5, 5.41) is 16.2. The maximum absolute atomic E-state index is 12.3. The van der Waals surface area contributed by atoms with E-state index in [1.165, 1.54) is 11.3 Å². The standard InChI is InChI=1S/C14H15N7OS3/c1-3-5-21-10(18-19-14(21)23)6-8-7-24-13(15-8)16-12(22)11-9(4-2)17-20-25-11/h3,7H,1,4-6H2,2H3,(H,19,23)(H,15,16,22). The van der Waals surface area contributed by atoms with Gasteiger partial charge < -0.3 is 0 Å². The molecule has 0 saturated carbocycles. The predicted molar refractivity (Wildman–Crippen MR) is 99.8 cm³/mol. The van der Waals surface area contributed by atoms with E-state index >= 15 is 0 Å². The lowest BCUT2D eigenvalue weighted by atomic mass is 10.3. The minimum Gasteiger partial charge on any atom is -0.300 e. The first-order valence-electron chi connectivity index (χ1n) is 7.44. The summed E-state index contributed by atoms with van der Waals surface area (Å²) in [7, 11) is 0. The summed E-state index contributed by atoms with van der Waals surface area (Å²) in [4.78, 5) is 17.3. The number of nitrogens with zero attached hydrogens (tertiary/aromatic N) is 5. The van der Waals surface area contributed by atoms with Crippen molar-refractivity contribution in [3.05, 3.63) is 44.9 Å². The van der Waals surface area contributed by atoms with E-state index in [0.717, 1.165) is 23.1 Å². The highest BCUT2D eigenvalue weighted by molar-refractivity contribution is 7.71. The molecule has 0 aromatic carbocycles. The highest BCUT2D eigenvalue weighted by Gasteiger charge is 2.17. The molecule has 3 aromatic rings. The lowest BCUT2D eigenvalue weighted by molar-refractivity contribution is 0.102. The Hall–Kier alpha value is -2.24. The summed E-state index contributed by atoms with van der Waals surface area (Å²) in [6, 6.07) is 0. The number of rotatable bonds is 7. The van der Waals surface area contributed by atoms with Gasteiger partial charge in [0.2, 0.25) is 0 Å². The first-order chi connectivity index (χ1) is 12.1. The number of H-pyrrole nitrogens is 1. The van der Waals surface area contributed by atoms with Crippen LogP contribution < -0.4 is 5.32 Å². The zero-order valence-electron chi connectivity index (χ0n) is 13.4. The number of hydrogen-bond donors (Lipinski definition) is 2. The van der Waals surface area contributed by atoms with Crippen molar-refractivity contribution in [3.63, 3.8) is 0 Å². The average molecular weight is 394 g/mol. The van der Waals surface area contributed by atoms with Gasteiger partial charge in [-0.2, -0.15) is 5.10 Å². The molecule has 11 heteroatoms. The van der Waals surface area contributed by atoms with E-state index in [4.69, 9.17) is 12.2 Å². The molecule has 2 N–H and O–H groups in total. The lowest BCUT2D eigenvalue weighted by Gasteiger charge is -2.02. The molecule has 0 aliphatic heterocycles. The Morgan fingerprint density at radius 2 is 2.40 bits per heavy atom. The number of aromatic amines is 1. The number of thiazole rings is 1. The highest BCUT2D eigenvalue weighted by atomic mass is 32.1. The highest BCUT2D eigenvalue weighted by Crippen LogP contribution is 2.20. The fourth-order valence-electron chi connectivity index (χ4n) is 2.18. The van der Waals surface area contributed by atoms with Gasteiger partial charge in [0.1, 0.15) is 10.7 Å². The van der Waals surface area contributed by atoms with Gasteiger partial charge in [0, 0.05) is 11.9 Å². The molecule has 1 amide bonds. The van der Waals surface area contributed by atoms with Crippen molar-refractivity contribution in [1.29, 1.82) is 0 Å². The van der Waals surface area contributed by atoms with Gasteiger partial charge in [-0.05, 0) is 30.2 Å². The number of anilines is 1. The Labute approximate surface area is 156 Å². The summed E-state index contributed by atoms with van der Waals surface area (Å²) < 4.78 is 6.23. The molecule has 3 aromatic heterocycles. The van der Waals surface area contributed by atoms with E-state index in [2.05, 4.69) is 36.7 Å². The van der Waals surface area contributed by atoms with E-state index in [9.17, 15) is 4.79 Å². The molecule has 3 heterocycles. The average Bonchev–Trinajstić information content (AvgIpc) is 3.31. The topological polar surface area (TPSA) is 101 Å². The van der Waals surface area contributed by atoms with E-state index in [1.54, 1.807) is 6.08 Å². The first kappa shape index (κ1) is 17.6. The third-order valence-corrected chi connectivity index (χ3v) is 5.24. The molecule has 0 bridgehead atoms. The number of carbonyl (C=O) groups is 1. The monoisotopic (exact) mass is 393 g/mol. The number of carbonyl (C=O) groups excluding carboxylic acids is 1. The van der Waals surface area contributed by atoms with Crippen molar-refractivity contribution in [3.8, 4) is 0 Å². The molecule has 25 heavy (non-hydrogen) atoms. The molecule has 0 aliphatic carbocycles. The second-order valence-electron chi connectivity index (χ2n) is 5.02. The molecule has 3 rings (SSSR count). The van der Waals surface area contributed by atoms with Crippen molar-refractivity contribution >= 4 is 46.1 Å². The van der Waals surface area contributed by atoms with E-state index in [0.29, 0.717) is 39.9 Å². The van der Waals surface area contributed by atoms with Crippen LogP contribution in [0.2, 0.25) is 0 Å². The normalized spacial score (nSPS) is 10.8. The third-order valence-electron chi connectivity index (χ3n) is 3.36. The van der Waals surface area contributed by atoms with E-state index in [-0.39, 0.29) is 5.91 Å². The SMILES string of the molecule is C=CCn1c(Cc2csc(NC(=O)c3snnc3CC)n2)n[nH]c1=S. The molecule has 8 nitrogen and oxygen atoms in total.